The number of ether oxygens (including phenoxy) is 2. The van der Waals surface area contributed by atoms with E-state index in [0.29, 0.717) is 15.1 Å². The minimum absolute atomic E-state index is 0.0219. The number of nitro groups is 1. The predicted molar refractivity (Wildman–Crippen MR) is 51.9 cm³/mol. The second-order valence-corrected chi connectivity index (χ2v) is 3.58. The fraction of sp³-hybridized carbons (Fsp3) is 0.143. The Labute approximate surface area is 86.9 Å². The van der Waals surface area contributed by atoms with Crippen molar-refractivity contribution in [3.63, 3.8) is 0 Å². The van der Waals surface area contributed by atoms with Crippen LogP contribution in [-0.2, 0) is 0 Å². The largest absolute Gasteiger partial charge is 0.453 e. The molecule has 1 aliphatic rings. The Kier molecular flexibility index (Phi) is 1.98. The summed E-state index contributed by atoms with van der Waals surface area (Å²) in [4.78, 5) is 10.0. The zero-order chi connectivity index (χ0) is 9.42. The van der Waals surface area contributed by atoms with Gasteiger partial charge in [0.05, 0.1) is 14.6 Å². The van der Waals surface area contributed by atoms with E-state index in [0.717, 1.165) is 0 Å². The number of hydrogen-bond donors (Lipinski definition) is 0. The van der Waals surface area contributed by atoms with Gasteiger partial charge in [-0.05, 0) is 22.6 Å². The summed E-state index contributed by atoms with van der Waals surface area (Å²) in [6.07, 6.45) is 0. The van der Waals surface area contributed by atoms with Crippen LogP contribution in [0, 0.1) is 13.7 Å². The summed E-state index contributed by atoms with van der Waals surface area (Å²) < 4.78 is 10.8. The maximum absolute atomic E-state index is 10.5. The van der Waals surface area contributed by atoms with Crippen LogP contribution < -0.4 is 9.47 Å². The Morgan fingerprint density at radius 2 is 2.23 bits per heavy atom. The first-order valence-electron chi connectivity index (χ1n) is 3.42. The maximum Gasteiger partial charge on any atom is 0.274 e. The third-order valence-corrected chi connectivity index (χ3v) is 2.42. The summed E-state index contributed by atoms with van der Waals surface area (Å²) in [5, 5.41) is 10.5. The van der Waals surface area contributed by atoms with Gasteiger partial charge in [0.25, 0.3) is 5.69 Å². The number of fused-ring (bicyclic) bond motifs is 1. The highest BCUT2D eigenvalue weighted by molar-refractivity contribution is 14.1. The van der Waals surface area contributed by atoms with Crippen LogP contribution in [0.15, 0.2) is 12.1 Å². The molecule has 0 N–H and O–H groups in total. The highest BCUT2D eigenvalue weighted by Gasteiger charge is 2.21. The summed E-state index contributed by atoms with van der Waals surface area (Å²) in [6.45, 7) is 0.131. The monoisotopic (exact) mass is 293 g/mol. The summed E-state index contributed by atoms with van der Waals surface area (Å²) in [7, 11) is 0. The van der Waals surface area contributed by atoms with Crippen molar-refractivity contribution in [2.75, 3.05) is 6.79 Å². The zero-order valence-corrected chi connectivity index (χ0v) is 8.48. The standard InChI is InChI=1S/C7H4INO4/c8-5-1-4(9(10)11)2-6-7(5)13-3-12-6/h1-2H,3H2. The highest BCUT2D eigenvalue weighted by Crippen LogP contribution is 2.39. The first kappa shape index (κ1) is 8.54. The van der Waals surface area contributed by atoms with Crippen LogP contribution in [0.4, 0.5) is 5.69 Å². The Morgan fingerprint density at radius 1 is 1.46 bits per heavy atom. The van der Waals surface area contributed by atoms with E-state index in [1.165, 1.54) is 12.1 Å². The average molecular weight is 293 g/mol. The van der Waals surface area contributed by atoms with Gasteiger partial charge in [0.15, 0.2) is 11.5 Å². The van der Waals surface area contributed by atoms with Crippen molar-refractivity contribution in [1.82, 2.24) is 0 Å². The van der Waals surface area contributed by atoms with Crippen molar-refractivity contribution in [2.45, 2.75) is 0 Å². The van der Waals surface area contributed by atoms with Crippen LogP contribution in [0.1, 0.15) is 0 Å². The molecule has 0 saturated heterocycles. The smallest absolute Gasteiger partial charge is 0.274 e. The number of hydrogen-bond acceptors (Lipinski definition) is 4. The fourth-order valence-corrected chi connectivity index (χ4v) is 1.80. The number of non-ortho nitro benzene ring substituents is 1. The van der Waals surface area contributed by atoms with Crippen molar-refractivity contribution in [1.29, 1.82) is 0 Å². The SMILES string of the molecule is O=[N+]([O-])c1cc(I)c2c(c1)OCO2. The second-order valence-electron chi connectivity index (χ2n) is 2.42. The molecule has 0 aliphatic carbocycles. The minimum atomic E-state index is -0.454. The van der Waals surface area contributed by atoms with Crippen LogP contribution in [0.2, 0.25) is 0 Å². The van der Waals surface area contributed by atoms with E-state index in [9.17, 15) is 10.1 Å². The molecular formula is C7H4INO4. The highest BCUT2D eigenvalue weighted by atomic mass is 127. The summed E-state index contributed by atoms with van der Waals surface area (Å²) in [5.41, 5.74) is 0.0219. The van der Waals surface area contributed by atoms with Gasteiger partial charge in [0.2, 0.25) is 6.79 Å². The number of nitrogens with zero attached hydrogens (tertiary/aromatic N) is 1. The van der Waals surface area contributed by atoms with E-state index in [1.807, 2.05) is 22.6 Å². The van der Waals surface area contributed by atoms with Crippen LogP contribution in [0.25, 0.3) is 0 Å². The van der Waals surface area contributed by atoms with Gasteiger partial charge in [-0.1, -0.05) is 0 Å². The van der Waals surface area contributed by atoms with Gasteiger partial charge in [-0.15, -0.1) is 0 Å². The molecular weight excluding hydrogens is 289 g/mol. The molecule has 0 bridgehead atoms. The quantitative estimate of drug-likeness (QED) is 0.451. The molecule has 0 saturated carbocycles. The van der Waals surface area contributed by atoms with Gasteiger partial charge in [-0.3, -0.25) is 10.1 Å². The molecule has 68 valence electrons. The van der Waals surface area contributed by atoms with E-state index in [4.69, 9.17) is 9.47 Å². The lowest BCUT2D eigenvalue weighted by Gasteiger charge is -1.98. The lowest BCUT2D eigenvalue weighted by molar-refractivity contribution is -0.385. The molecule has 0 aromatic heterocycles. The molecule has 5 nitrogen and oxygen atoms in total. The molecule has 0 spiro atoms. The van der Waals surface area contributed by atoms with Gasteiger partial charge in [-0.2, -0.15) is 0 Å². The van der Waals surface area contributed by atoms with Crippen LogP contribution in [-0.4, -0.2) is 11.7 Å². The third kappa shape index (κ3) is 1.41. The molecule has 1 aromatic carbocycles. The van der Waals surface area contributed by atoms with Crippen molar-refractivity contribution < 1.29 is 14.4 Å². The zero-order valence-electron chi connectivity index (χ0n) is 6.32. The van der Waals surface area contributed by atoms with E-state index < -0.39 is 4.92 Å². The normalized spacial score (nSPS) is 13.0. The van der Waals surface area contributed by atoms with Crippen LogP contribution >= 0.6 is 22.6 Å². The molecule has 1 aromatic rings. The topological polar surface area (TPSA) is 61.6 Å². The van der Waals surface area contributed by atoms with Gasteiger partial charge >= 0.3 is 0 Å². The van der Waals surface area contributed by atoms with E-state index in [-0.39, 0.29) is 12.5 Å². The Morgan fingerprint density at radius 3 is 2.92 bits per heavy atom. The van der Waals surface area contributed by atoms with Crippen molar-refractivity contribution in [2.24, 2.45) is 0 Å². The Bertz CT molecular complexity index is 379. The van der Waals surface area contributed by atoms with Crippen molar-refractivity contribution in [3.8, 4) is 11.5 Å². The Balaban J connectivity index is 2.55. The first-order chi connectivity index (χ1) is 6.18. The molecule has 0 fully saturated rings. The maximum atomic E-state index is 10.5. The number of halogens is 1. The molecule has 0 unspecified atom stereocenters. The second kappa shape index (κ2) is 3.02. The molecule has 13 heavy (non-hydrogen) atoms. The predicted octanol–water partition coefficient (Wildman–Crippen LogP) is 1.93. The lowest BCUT2D eigenvalue weighted by Crippen LogP contribution is -1.93. The van der Waals surface area contributed by atoms with E-state index in [2.05, 4.69) is 0 Å². The van der Waals surface area contributed by atoms with E-state index >= 15 is 0 Å². The molecule has 6 heteroatoms. The molecule has 0 amide bonds. The number of nitro benzene ring substituents is 1. The number of benzene rings is 1. The van der Waals surface area contributed by atoms with Crippen molar-refractivity contribution >= 4 is 28.3 Å². The summed E-state index contributed by atoms with van der Waals surface area (Å²) in [5.74, 6) is 1.03. The van der Waals surface area contributed by atoms with Gasteiger partial charge in [-0.25, -0.2) is 0 Å². The minimum Gasteiger partial charge on any atom is -0.453 e. The summed E-state index contributed by atoms with van der Waals surface area (Å²) in [6, 6.07) is 2.82. The molecule has 1 aliphatic heterocycles. The Hall–Kier alpha value is -1.05. The molecule has 0 atom stereocenters. The average Bonchev–Trinajstić information content (AvgIpc) is 2.51. The van der Waals surface area contributed by atoms with Gasteiger partial charge in [0.1, 0.15) is 0 Å². The summed E-state index contributed by atoms with van der Waals surface area (Å²) >= 11 is 1.98. The first-order valence-corrected chi connectivity index (χ1v) is 4.50. The van der Waals surface area contributed by atoms with Crippen molar-refractivity contribution in [3.05, 3.63) is 25.8 Å². The fourth-order valence-electron chi connectivity index (χ4n) is 1.06. The van der Waals surface area contributed by atoms with Gasteiger partial charge < -0.3 is 9.47 Å². The van der Waals surface area contributed by atoms with Crippen LogP contribution in [0.5, 0.6) is 11.5 Å². The molecule has 2 rings (SSSR count). The third-order valence-electron chi connectivity index (χ3n) is 1.62. The molecule has 0 radical (unpaired) electrons. The lowest BCUT2D eigenvalue weighted by atomic mass is 10.3. The molecule has 1 heterocycles. The van der Waals surface area contributed by atoms with Gasteiger partial charge in [0, 0.05) is 6.07 Å². The van der Waals surface area contributed by atoms with Crippen LogP contribution in [0.3, 0.4) is 0 Å². The van der Waals surface area contributed by atoms with E-state index in [1.54, 1.807) is 0 Å². The number of rotatable bonds is 1.